The molecule has 0 aliphatic carbocycles. The molecule has 126 valence electrons. The van der Waals surface area contributed by atoms with Crippen LogP contribution in [0.3, 0.4) is 0 Å². The quantitative estimate of drug-likeness (QED) is 0.223. The Morgan fingerprint density at radius 1 is 1.00 bits per heavy atom. The molecule has 1 N–H and O–H groups in total. The fraction of sp³-hybridized carbons (Fsp3) is 0.778. The topological polar surface area (TPSA) is 62.1 Å². The molecule has 0 saturated heterocycles. The number of carbonyl (C=O) groups excluding carboxylic acids is 1. The minimum atomic E-state index is -0.519. The second kappa shape index (κ2) is 15.9. The van der Waals surface area contributed by atoms with Crippen molar-refractivity contribution in [3.63, 3.8) is 0 Å². The van der Waals surface area contributed by atoms with Crippen LogP contribution in [0.15, 0.2) is 11.8 Å². The molecule has 0 atom stereocenters. The molecule has 4 nitrogen and oxygen atoms in total. The van der Waals surface area contributed by atoms with E-state index in [1.165, 1.54) is 44.7 Å². The number of esters is 1. The monoisotopic (exact) mass is 308 g/mol. The van der Waals surface area contributed by atoms with Crippen LogP contribution in [0.2, 0.25) is 0 Å². The smallest absolute Gasteiger partial charge is 0.350 e. The summed E-state index contributed by atoms with van der Waals surface area (Å²) in [7, 11) is 0. The van der Waals surface area contributed by atoms with E-state index in [0.29, 0.717) is 6.61 Å². The van der Waals surface area contributed by atoms with E-state index >= 15 is 0 Å². The highest BCUT2D eigenvalue weighted by Crippen LogP contribution is 2.08. The largest absolute Gasteiger partial charge is 0.462 e. The standard InChI is InChI=1S/C18H32N2O2/c1-3-5-7-8-9-10-11-12-14-22-18(21)17(15-19)16-20-13-6-4-2/h16,20H,3-14H2,1-2H3. The van der Waals surface area contributed by atoms with Crippen LogP contribution in [0.1, 0.15) is 78.1 Å². The molecule has 0 bridgehead atoms. The van der Waals surface area contributed by atoms with E-state index in [-0.39, 0.29) is 5.57 Å². The van der Waals surface area contributed by atoms with Crippen molar-refractivity contribution >= 4 is 5.97 Å². The molecule has 22 heavy (non-hydrogen) atoms. The van der Waals surface area contributed by atoms with Crippen LogP contribution < -0.4 is 5.32 Å². The maximum absolute atomic E-state index is 11.7. The maximum atomic E-state index is 11.7. The van der Waals surface area contributed by atoms with Crippen molar-refractivity contribution in [2.45, 2.75) is 78.1 Å². The first-order valence-corrected chi connectivity index (χ1v) is 8.77. The van der Waals surface area contributed by atoms with Gasteiger partial charge >= 0.3 is 5.97 Å². The molecule has 0 aromatic carbocycles. The van der Waals surface area contributed by atoms with Crippen molar-refractivity contribution in [1.82, 2.24) is 5.32 Å². The Morgan fingerprint density at radius 2 is 1.59 bits per heavy atom. The number of hydrogen-bond donors (Lipinski definition) is 1. The number of ether oxygens (including phenoxy) is 1. The SMILES string of the molecule is CCCCCCCCCCOC(=O)C(C#N)=CNCCCC. The van der Waals surface area contributed by atoms with Crippen LogP contribution in [0.5, 0.6) is 0 Å². The summed E-state index contributed by atoms with van der Waals surface area (Å²) in [5, 5.41) is 11.9. The second-order valence-electron chi connectivity index (χ2n) is 5.59. The Labute approximate surface area is 135 Å². The van der Waals surface area contributed by atoms with Gasteiger partial charge in [0.25, 0.3) is 0 Å². The Kier molecular flexibility index (Phi) is 14.8. The van der Waals surface area contributed by atoms with Gasteiger partial charge in [-0.2, -0.15) is 5.26 Å². The molecule has 0 aromatic rings. The van der Waals surface area contributed by atoms with Gasteiger partial charge in [0, 0.05) is 12.7 Å². The number of hydrogen-bond acceptors (Lipinski definition) is 4. The molecule has 0 aliphatic heterocycles. The van der Waals surface area contributed by atoms with Gasteiger partial charge in [0.1, 0.15) is 6.07 Å². The number of unbranched alkanes of at least 4 members (excludes halogenated alkanes) is 8. The van der Waals surface area contributed by atoms with Crippen LogP contribution in [0.4, 0.5) is 0 Å². The van der Waals surface area contributed by atoms with Gasteiger partial charge in [-0.3, -0.25) is 0 Å². The van der Waals surface area contributed by atoms with E-state index in [2.05, 4.69) is 19.2 Å². The van der Waals surface area contributed by atoms with E-state index in [4.69, 9.17) is 10.00 Å². The van der Waals surface area contributed by atoms with E-state index in [1.807, 2.05) is 6.07 Å². The molecule has 0 aliphatic rings. The third-order valence-corrected chi connectivity index (χ3v) is 3.49. The zero-order chi connectivity index (χ0) is 16.5. The first-order chi connectivity index (χ1) is 10.8. The number of nitrogens with one attached hydrogen (secondary N) is 1. The number of carbonyl (C=O) groups is 1. The van der Waals surface area contributed by atoms with Gasteiger partial charge in [-0.25, -0.2) is 4.79 Å². The van der Waals surface area contributed by atoms with Gasteiger partial charge in [-0.15, -0.1) is 0 Å². The van der Waals surface area contributed by atoms with Crippen LogP contribution in [-0.4, -0.2) is 19.1 Å². The molecular weight excluding hydrogens is 276 g/mol. The van der Waals surface area contributed by atoms with E-state index in [1.54, 1.807) is 0 Å². The first kappa shape index (κ1) is 20.5. The molecule has 0 saturated carbocycles. The molecule has 0 amide bonds. The van der Waals surface area contributed by atoms with Crippen LogP contribution in [-0.2, 0) is 9.53 Å². The van der Waals surface area contributed by atoms with Crippen molar-refractivity contribution in [3.8, 4) is 6.07 Å². The summed E-state index contributed by atoms with van der Waals surface area (Å²) in [6.45, 7) is 5.49. The van der Waals surface area contributed by atoms with Crippen LogP contribution in [0, 0.1) is 11.3 Å². The highest BCUT2D eigenvalue weighted by molar-refractivity contribution is 5.92. The summed E-state index contributed by atoms with van der Waals surface area (Å²) >= 11 is 0. The first-order valence-electron chi connectivity index (χ1n) is 8.77. The number of nitrogens with zero attached hydrogens (tertiary/aromatic N) is 1. The van der Waals surface area contributed by atoms with Crippen molar-refractivity contribution in [1.29, 1.82) is 5.26 Å². The lowest BCUT2D eigenvalue weighted by atomic mass is 10.1. The summed E-state index contributed by atoms with van der Waals surface area (Å²) in [6, 6.07) is 1.88. The van der Waals surface area contributed by atoms with Gasteiger partial charge in [0.2, 0.25) is 0 Å². The average molecular weight is 308 g/mol. The molecular formula is C18H32N2O2. The Morgan fingerprint density at radius 3 is 2.18 bits per heavy atom. The maximum Gasteiger partial charge on any atom is 0.350 e. The van der Waals surface area contributed by atoms with E-state index in [0.717, 1.165) is 32.2 Å². The number of rotatable bonds is 14. The molecule has 0 unspecified atom stereocenters. The second-order valence-corrected chi connectivity index (χ2v) is 5.59. The number of nitriles is 1. The fourth-order valence-corrected chi connectivity index (χ4v) is 2.07. The fourth-order valence-electron chi connectivity index (χ4n) is 2.07. The lowest BCUT2D eigenvalue weighted by molar-refractivity contribution is -0.138. The predicted molar refractivity (Wildman–Crippen MR) is 90.2 cm³/mol. The Balaban J connectivity index is 3.63. The summed E-state index contributed by atoms with van der Waals surface area (Å²) in [4.78, 5) is 11.7. The minimum Gasteiger partial charge on any atom is -0.462 e. The molecule has 0 spiro atoms. The molecule has 4 heteroatoms. The zero-order valence-corrected chi connectivity index (χ0v) is 14.3. The van der Waals surface area contributed by atoms with Gasteiger partial charge in [0.05, 0.1) is 6.61 Å². The Hall–Kier alpha value is -1.50. The minimum absolute atomic E-state index is 0.0515. The molecule has 0 aromatic heterocycles. The van der Waals surface area contributed by atoms with Crippen molar-refractivity contribution in [3.05, 3.63) is 11.8 Å². The van der Waals surface area contributed by atoms with E-state index in [9.17, 15) is 4.79 Å². The third kappa shape index (κ3) is 12.3. The highest BCUT2D eigenvalue weighted by Gasteiger charge is 2.09. The predicted octanol–water partition coefficient (Wildman–Crippen LogP) is 4.47. The van der Waals surface area contributed by atoms with Gasteiger partial charge in [-0.05, 0) is 12.8 Å². The molecule has 0 heterocycles. The summed E-state index contributed by atoms with van der Waals surface area (Å²) in [6.07, 6.45) is 13.2. The summed E-state index contributed by atoms with van der Waals surface area (Å²) in [5.74, 6) is -0.519. The highest BCUT2D eigenvalue weighted by atomic mass is 16.5. The van der Waals surface area contributed by atoms with Crippen molar-refractivity contribution < 1.29 is 9.53 Å². The van der Waals surface area contributed by atoms with Gasteiger partial charge < -0.3 is 10.1 Å². The average Bonchev–Trinajstić information content (AvgIpc) is 2.53. The van der Waals surface area contributed by atoms with E-state index < -0.39 is 5.97 Å². The summed E-state index contributed by atoms with van der Waals surface area (Å²) < 4.78 is 5.13. The lowest BCUT2D eigenvalue weighted by Gasteiger charge is -2.05. The van der Waals surface area contributed by atoms with Crippen molar-refractivity contribution in [2.24, 2.45) is 0 Å². The van der Waals surface area contributed by atoms with Gasteiger partial charge in [0.15, 0.2) is 5.57 Å². The molecule has 0 rings (SSSR count). The van der Waals surface area contributed by atoms with Crippen LogP contribution in [0.25, 0.3) is 0 Å². The molecule has 0 radical (unpaired) electrons. The Bertz CT molecular complexity index is 345. The molecule has 0 fully saturated rings. The summed E-state index contributed by atoms with van der Waals surface area (Å²) in [5.41, 5.74) is 0.0515. The third-order valence-electron chi connectivity index (χ3n) is 3.49. The normalized spacial score (nSPS) is 11.0. The lowest BCUT2D eigenvalue weighted by Crippen LogP contribution is -2.13. The zero-order valence-electron chi connectivity index (χ0n) is 14.3. The van der Waals surface area contributed by atoms with Crippen molar-refractivity contribution in [2.75, 3.05) is 13.2 Å². The van der Waals surface area contributed by atoms with Crippen LogP contribution >= 0.6 is 0 Å². The van der Waals surface area contributed by atoms with Gasteiger partial charge in [-0.1, -0.05) is 65.2 Å².